The van der Waals surface area contributed by atoms with Gasteiger partial charge in [0.25, 0.3) is 5.91 Å². The van der Waals surface area contributed by atoms with Gasteiger partial charge in [-0.15, -0.1) is 0 Å². The van der Waals surface area contributed by atoms with Gasteiger partial charge in [-0.2, -0.15) is 0 Å². The van der Waals surface area contributed by atoms with E-state index in [9.17, 15) is 4.79 Å². The fraction of sp³-hybridized carbons (Fsp3) is 0.294. The molecule has 0 saturated carbocycles. The van der Waals surface area contributed by atoms with E-state index in [1.165, 1.54) is 6.26 Å². The highest BCUT2D eigenvalue weighted by atomic mass is 16.3. The molecule has 0 radical (unpaired) electrons. The Morgan fingerprint density at radius 1 is 1.27 bits per heavy atom. The quantitative estimate of drug-likeness (QED) is 0.789. The molecule has 5 heteroatoms. The van der Waals surface area contributed by atoms with Crippen LogP contribution < -0.4 is 5.32 Å². The van der Waals surface area contributed by atoms with Crippen molar-refractivity contribution in [3.63, 3.8) is 0 Å². The molecule has 5 nitrogen and oxygen atoms in total. The first kappa shape index (κ1) is 13.3. The molecule has 22 heavy (non-hydrogen) atoms. The number of aromatic nitrogens is 2. The first-order chi connectivity index (χ1) is 10.8. The van der Waals surface area contributed by atoms with Crippen LogP contribution >= 0.6 is 0 Å². The van der Waals surface area contributed by atoms with Gasteiger partial charge in [0.1, 0.15) is 0 Å². The zero-order chi connectivity index (χ0) is 14.9. The summed E-state index contributed by atoms with van der Waals surface area (Å²) in [4.78, 5) is 17.2. The second-order valence-electron chi connectivity index (χ2n) is 5.63. The molecular formula is C17H17N3O2. The number of nitrogens with one attached hydrogen (secondary N) is 1. The zero-order valence-electron chi connectivity index (χ0n) is 12.2. The number of piperidine rings is 1. The average molecular weight is 295 g/mol. The molecule has 0 unspecified atom stereocenters. The van der Waals surface area contributed by atoms with Crippen molar-refractivity contribution in [2.24, 2.45) is 0 Å². The van der Waals surface area contributed by atoms with E-state index in [0.29, 0.717) is 11.7 Å². The number of carbonyl (C=O) groups is 1. The average Bonchev–Trinajstić information content (AvgIpc) is 3.23. The summed E-state index contributed by atoms with van der Waals surface area (Å²) in [6.07, 6.45) is 7.40. The SMILES string of the molecule is O=C(c1ccco1)n1cc(C2CCNCC2)c2ncccc21. The number of fused-ring (bicyclic) bond motifs is 1. The third kappa shape index (κ3) is 2.14. The standard InChI is InChI=1S/C17H17N3O2/c21-17(15-4-2-10-22-15)20-11-13(12-5-8-18-9-6-12)16-14(20)3-1-7-19-16/h1-4,7,10-12,18H,5-6,8-9H2. The summed E-state index contributed by atoms with van der Waals surface area (Å²) in [6, 6.07) is 7.22. The van der Waals surface area contributed by atoms with Gasteiger partial charge in [0.15, 0.2) is 5.76 Å². The topological polar surface area (TPSA) is 60.1 Å². The Kier molecular flexibility index (Phi) is 3.27. The Hall–Kier alpha value is -2.40. The Labute approximate surface area is 127 Å². The second-order valence-corrected chi connectivity index (χ2v) is 5.63. The van der Waals surface area contributed by atoms with Crippen molar-refractivity contribution in [1.82, 2.24) is 14.9 Å². The molecule has 0 spiro atoms. The van der Waals surface area contributed by atoms with E-state index in [1.807, 2.05) is 18.3 Å². The van der Waals surface area contributed by atoms with Crippen molar-refractivity contribution in [3.8, 4) is 0 Å². The Bertz CT molecular complexity index is 799. The van der Waals surface area contributed by atoms with Crippen molar-refractivity contribution >= 4 is 16.9 Å². The molecule has 4 heterocycles. The van der Waals surface area contributed by atoms with E-state index in [-0.39, 0.29) is 5.91 Å². The van der Waals surface area contributed by atoms with Gasteiger partial charge in [0, 0.05) is 12.4 Å². The molecule has 3 aromatic heterocycles. The van der Waals surface area contributed by atoms with Gasteiger partial charge in [-0.25, -0.2) is 0 Å². The number of furan rings is 1. The van der Waals surface area contributed by atoms with Crippen LogP contribution in [0.3, 0.4) is 0 Å². The molecule has 0 amide bonds. The Balaban J connectivity index is 1.83. The monoisotopic (exact) mass is 295 g/mol. The largest absolute Gasteiger partial charge is 0.459 e. The number of rotatable bonds is 2. The predicted molar refractivity (Wildman–Crippen MR) is 83.0 cm³/mol. The van der Waals surface area contributed by atoms with Crippen LogP contribution in [0, 0.1) is 0 Å². The Morgan fingerprint density at radius 3 is 2.91 bits per heavy atom. The summed E-state index contributed by atoms with van der Waals surface area (Å²) in [7, 11) is 0. The lowest BCUT2D eigenvalue weighted by molar-refractivity contribution is 0.0937. The maximum absolute atomic E-state index is 12.6. The molecule has 0 bridgehead atoms. The van der Waals surface area contributed by atoms with Crippen LogP contribution in [0.2, 0.25) is 0 Å². The normalized spacial score (nSPS) is 16.2. The lowest BCUT2D eigenvalue weighted by Gasteiger charge is -2.21. The van der Waals surface area contributed by atoms with Gasteiger partial charge < -0.3 is 9.73 Å². The second kappa shape index (κ2) is 5.42. The smallest absolute Gasteiger partial charge is 0.298 e. The fourth-order valence-electron chi connectivity index (χ4n) is 3.20. The summed E-state index contributed by atoms with van der Waals surface area (Å²) in [5.74, 6) is 0.644. The molecule has 1 fully saturated rings. The van der Waals surface area contributed by atoms with Gasteiger partial charge in [-0.3, -0.25) is 14.3 Å². The van der Waals surface area contributed by atoms with E-state index in [1.54, 1.807) is 22.9 Å². The van der Waals surface area contributed by atoms with Crippen LogP contribution in [-0.2, 0) is 0 Å². The maximum atomic E-state index is 12.6. The van der Waals surface area contributed by atoms with Crippen LogP contribution in [0.15, 0.2) is 47.3 Å². The minimum atomic E-state index is -0.150. The number of hydrogen-bond acceptors (Lipinski definition) is 4. The minimum Gasteiger partial charge on any atom is -0.459 e. The van der Waals surface area contributed by atoms with Crippen LogP contribution in [0.25, 0.3) is 11.0 Å². The molecule has 4 rings (SSSR count). The third-order valence-electron chi connectivity index (χ3n) is 4.32. The number of pyridine rings is 1. The molecule has 0 atom stereocenters. The van der Waals surface area contributed by atoms with Gasteiger partial charge in [0.05, 0.1) is 17.3 Å². The molecule has 0 aliphatic carbocycles. The van der Waals surface area contributed by atoms with Gasteiger partial charge in [-0.1, -0.05) is 0 Å². The summed E-state index contributed by atoms with van der Waals surface area (Å²) in [5, 5.41) is 3.38. The van der Waals surface area contributed by atoms with Gasteiger partial charge in [-0.05, 0) is 61.7 Å². The molecule has 0 aromatic carbocycles. The molecular weight excluding hydrogens is 278 g/mol. The van der Waals surface area contributed by atoms with Crippen LogP contribution in [0.5, 0.6) is 0 Å². The maximum Gasteiger partial charge on any atom is 0.298 e. The third-order valence-corrected chi connectivity index (χ3v) is 4.32. The summed E-state index contributed by atoms with van der Waals surface area (Å²) in [6.45, 7) is 2.02. The van der Waals surface area contributed by atoms with Crippen molar-refractivity contribution in [3.05, 3.63) is 54.2 Å². The van der Waals surface area contributed by atoms with Gasteiger partial charge in [0.2, 0.25) is 0 Å². The fourth-order valence-corrected chi connectivity index (χ4v) is 3.20. The van der Waals surface area contributed by atoms with E-state index < -0.39 is 0 Å². The van der Waals surface area contributed by atoms with Crippen molar-refractivity contribution in [2.75, 3.05) is 13.1 Å². The molecule has 1 aliphatic rings. The van der Waals surface area contributed by atoms with Crippen molar-refractivity contribution < 1.29 is 9.21 Å². The van der Waals surface area contributed by atoms with Crippen LogP contribution in [-0.4, -0.2) is 28.5 Å². The van der Waals surface area contributed by atoms with E-state index >= 15 is 0 Å². The predicted octanol–water partition coefficient (Wildman–Crippen LogP) is 2.78. The molecule has 1 saturated heterocycles. The highest BCUT2D eigenvalue weighted by molar-refractivity contribution is 6.00. The van der Waals surface area contributed by atoms with E-state index in [4.69, 9.17) is 4.42 Å². The van der Waals surface area contributed by atoms with Gasteiger partial charge >= 0.3 is 0 Å². The van der Waals surface area contributed by atoms with Crippen LogP contribution in [0.1, 0.15) is 34.9 Å². The zero-order valence-corrected chi connectivity index (χ0v) is 12.2. The van der Waals surface area contributed by atoms with E-state index in [2.05, 4.69) is 10.3 Å². The molecule has 1 N–H and O–H groups in total. The summed E-state index contributed by atoms with van der Waals surface area (Å²) < 4.78 is 6.92. The number of nitrogens with zero attached hydrogens (tertiary/aromatic N) is 2. The molecule has 112 valence electrons. The van der Waals surface area contributed by atoms with E-state index in [0.717, 1.165) is 42.5 Å². The first-order valence-electron chi connectivity index (χ1n) is 7.59. The molecule has 1 aliphatic heterocycles. The Morgan fingerprint density at radius 2 is 2.14 bits per heavy atom. The lowest BCUT2D eigenvalue weighted by Crippen LogP contribution is -2.26. The van der Waals surface area contributed by atoms with Crippen molar-refractivity contribution in [1.29, 1.82) is 0 Å². The van der Waals surface area contributed by atoms with Crippen molar-refractivity contribution in [2.45, 2.75) is 18.8 Å². The summed E-state index contributed by atoms with van der Waals surface area (Å²) in [5.41, 5.74) is 2.93. The highest BCUT2D eigenvalue weighted by Crippen LogP contribution is 2.32. The van der Waals surface area contributed by atoms with Crippen LogP contribution in [0.4, 0.5) is 0 Å². The highest BCUT2D eigenvalue weighted by Gasteiger charge is 2.23. The summed E-state index contributed by atoms with van der Waals surface area (Å²) >= 11 is 0. The number of hydrogen-bond donors (Lipinski definition) is 1. The number of carbonyl (C=O) groups excluding carboxylic acids is 1. The molecule has 3 aromatic rings. The first-order valence-corrected chi connectivity index (χ1v) is 7.59. The lowest BCUT2D eigenvalue weighted by atomic mass is 9.91. The minimum absolute atomic E-state index is 0.150.